The summed E-state index contributed by atoms with van der Waals surface area (Å²) >= 11 is 5.56. The number of carbonyl (C=O) groups excluding carboxylic acids is 1. The number of aromatic hydroxyl groups is 1. The molecule has 1 rings (SSSR count). The van der Waals surface area contributed by atoms with Crippen LogP contribution in [0.15, 0.2) is 18.2 Å². The summed E-state index contributed by atoms with van der Waals surface area (Å²) in [5, 5.41) is 19.9. The molecule has 0 aliphatic heterocycles. The van der Waals surface area contributed by atoms with Crippen molar-refractivity contribution in [3.63, 3.8) is 0 Å². The van der Waals surface area contributed by atoms with Crippen LogP contribution in [0, 0.1) is 10.1 Å². The predicted octanol–water partition coefficient (Wildman–Crippen LogP) is 1.92. The van der Waals surface area contributed by atoms with Crippen LogP contribution in [0.1, 0.15) is 17.3 Å². The summed E-state index contributed by atoms with van der Waals surface area (Å²) in [4.78, 5) is 21.4. The maximum Gasteiger partial charge on any atom is 0.272 e. The van der Waals surface area contributed by atoms with Crippen LogP contribution < -0.4 is 0 Å². The number of halogens is 1. The van der Waals surface area contributed by atoms with Crippen LogP contribution in [0.2, 0.25) is 0 Å². The molecular weight excluding hydrogens is 236 g/mol. The second-order valence-corrected chi connectivity index (χ2v) is 3.35. The Hall–Kier alpha value is -1.82. The molecular formula is C9H9ClN2O4. The van der Waals surface area contributed by atoms with E-state index in [0.29, 0.717) is 0 Å². The molecule has 0 saturated heterocycles. The standard InChI is InChI=1S/C9H9ClN2O4/c1-2-11(10)9(14)7-5-6(12(15)16)3-4-8(7)13/h3-5,13H,2H2,1H3. The van der Waals surface area contributed by atoms with Gasteiger partial charge in [-0.15, -0.1) is 0 Å². The van der Waals surface area contributed by atoms with Gasteiger partial charge in [-0.3, -0.25) is 19.3 Å². The molecule has 0 unspecified atom stereocenters. The lowest BCUT2D eigenvalue weighted by atomic mass is 10.1. The average Bonchev–Trinajstić information content (AvgIpc) is 2.27. The molecule has 0 bridgehead atoms. The lowest BCUT2D eigenvalue weighted by Crippen LogP contribution is -2.21. The van der Waals surface area contributed by atoms with Gasteiger partial charge in [0.1, 0.15) is 5.75 Å². The molecule has 0 aromatic heterocycles. The minimum Gasteiger partial charge on any atom is -0.507 e. The highest BCUT2D eigenvalue weighted by molar-refractivity contribution is 6.24. The van der Waals surface area contributed by atoms with E-state index in [-0.39, 0.29) is 23.5 Å². The fourth-order valence-corrected chi connectivity index (χ4v) is 1.17. The largest absolute Gasteiger partial charge is 0.507 e. The first-order valence-electron chi connectivity index (χ1n) is 4.42. The van der Waals surface area contributed by atoms with E-state index < -0.39 is 10.8 Å². The molecule has 0 aliphatic carbocycles. The number of nitrogens with zero attached hydrogens (tertiary/aromatic N) is 2. The zero-order valence-electron chi connectivity index (χ0n) is 8.38. The minimum absolute atomic E-state index is 0.189. The maximum atomic E-state index is 11.6. The van der Waals surface area contributed by atoms with Gasteiger partial charge in [-0.1, -0.05) is 0 Å². The van der Waals surface area contributed by atoms with Gasteiger partial charge in [0, 0.05) is 30.5 Å². The Labute approximate surface area is 96.3 Å². The monoisotopic (exact) mass is 244 g/mol. The summed E-state index contributed by atoms with van der Waals surface area (Å²) < 4.78 is 0.832. The highest BCUT2D eigenvalue weighted by Gasteiger charge is 2.19. The van der Waals surface area contributed by atoms with Gasteiger partial charge in [0.15, 0.2) is 0 Å². The van der Waals surface area contributed by atoms with Gasteiger partial charge in [-0.05, 0) is 13.0 Å². The van der Waals surface area contributed by atoms with E-state index in [4.69, 9.17) is 11.8 Å². The Kier molecular flexibility index (Phi) is 3.68. The van der Waals surface area contributed by atoms with Gasteiger partial charge in [0.2, 0.25) is 0 Å². The van der Waals surface area contributed by atoms with Crippen LogP contribution in [0.25, 0.3) is 0 Å². The third-order valence-corrected chi connectivity index (χ3v) is 2.31. The summed E-state index contributed by atoms with van der Waals surface area (Å²) in [5.41, 5.74) is -0.464. The van der Waals surface area contributed by atoms with Crippen molar-refractivity contribution in [1.29, 1.82) is 0 Å². The van der Waals surface area contributed by atoms with E-state index in [1.807, 2.05) is 0 Å². The van der Waals surface area contributed by atoms with E-state index in [1.54, 1.807) is 6.92 Å². The maximum absolute atomic E-state index is 11.6. The highest BCUT2D eigenvalue weighted by atomic mass is 35.5. The second kappa shape index (κ2) is 4.80. The van der Waals surface area contributed by atoms with E-state index in [9.17, 15) is 20.0 Å². The molecule has 1 N–H and O–H groups in total. The summed E-state index contributed by atoms with van der Waals surface area (Å²) in [5.74, 6) is -1.01. The quantitative estimate of drug-likeness (QED) is 0.500. The second-order valence-electron chi connectivity index (χ2n) is 2.94. The summed E-state index contributed by atoms with van der Waals surface area (Å²) in [7, 11) is 0. The highest BCUT2D eigenvalue weighted by Crippen LogP contribution is 2.24. The van der Waals surface area contributed by atoms with Crippen LogP contribution in [0.5, 0.6) is 5.75 Å². The zero-order chi connectivity index (χ0) is 12.3. The predicted molar refractivity (Wildman–Crippen MR) is 57.3 cm³/mol. The summed E-state index contributed by atoms with van der Waals surface area (Å²) in [6.45, 7) is 1.86. The van der Waals surface area contributed by atoms with Gasteiger partial charge in [-0.25, -0.2) is 0 Å². The molecule has 16 heavy (non-hydrogen) atoms. The van der Waals surface area contributed by atoms with Crippen LogP contribution in [0.3, 0.4) is 0 Å². The number of non-ortho nitro benzene ring substituents is 1. The fraction of sp³-hybridized carbons (Fsp3) is 0.222. The average molecular weight is 245 g/mol. The lowest BCUT2D eigenvalue weighted by molar-refractivity contribution is -0.384. The Bertz CT molecular complexity index is 436. The molecule has 0 radical (unpaired) electrons. The normalized spacial score (nSPS) is 9.88. The van der Waals surface area contributed by atoms with Gasteiger partial charge in [0.25, 0.3) is 11.6 Å². The molecule has 1 amide bonds. The number of phenolic OH excluding ortho intramolecular Hbond substituents is 1. The first-order valence-corrected chi connectivity index (χ1v) is 4.76. The molecule has 1 aromatic carbocycles. The number of carbonyl (C=O) groups is 1. The van der Waals surface area contributed by atoms with Crippen molar-refractivity contribution in [2.75, 3.05) is 6.54 Å². The molecule has 7 heteroatoms. The number of amides is 1. The summed E-state index contributed by atoms with van der Waals surface area (Å²) in [6, 6.07) is 3.19. The topological polar surface area (TPSA) is 83.7 Å². The number of phenols is 1. The van der Waals surface area contributed by atoms with Crippen molar-refractivity contribution in [3.8, 4) is 5.75 Å². The number of nitro benzene ring substituents is 1. The molecule has 6 nitrogen and oxygen atoms in total. The van der Waals surface area contributed by atoms with Crippen molar-refractivity contribution in [1.82, 2.24) is 4.42 Å². The van der Waals surface area contributed by atoms with Gasteiger partial charge < -0.3 is 5.11 Å². The molecule has 0 heterocycles. The van der Waals surface area contributed by atoms with E-state index in [2.05, 4.69) is 0 Å². The third-order valence-electron chi connectivity index (χ3n) is 1.92. The van der Waals surface area contributed by atoms with Crippen LogP contribution in [-0.2, 0) is 0 Å². The zero-order valence-corrected chi connectivity index (χ0v) is 9.14. The minimum atomic E-state index is -0.676. The van der Waals surface area contributed by atoms with Crippen LogP contribution >= 0.6 is 11.8 Å². The Balaban J connectivity index is 3.17. The molecule has 1 aromatic rings. The van der Waals surface area contributed by atoms with Gasteiger partial charge in [0.05, 0.1) is 10.5 Å². The van der Waals surface area contributed by atoms with Crippen molar-refractivity contribution in [2.24, 2.45) is 0 Å². The van der Waals surface area contributed by atoms with Crippen LogP contribution in [0.4, 0.5) is 5.69 Å². The van der Waals surface area contributed by atoms with E-state index >= 15 is 0 Å². The van der Waals surface area contributed by atoms with Crippen LogP contribution in [-0.4, -0.2) is 26.9 Å². The fourth-order valence-electron chi connectivity index (χ4n) is 1.08. The lowest BCUT2D eigenvalue weighted by Gasteiger charge is -2.11. The molecule has 0 aliphatic rings. The van der Waals surface area contributed by atoms with Crippen molar-refractivity contribution in [2.45, 2.75) is 6.92 Å². The molecule has 0 atom stereocenters. The smallest absolute Gasteiger partial charge is 0.272 e. The van der Waals surface area contributed by atoms with Crippen molar-refractivity contribution < 1.29 is 14.8 Å². The Morgan fingerprint density at radius 1 is 1.62 bits per heavy atom. The van der Waals surface area contributed by atoms with E-state index in [0.717, 1.165) is 22.6 Å². The number of rotatable bonds is 3. The summed E-state index contributed by atoms with van der Waals surface area (Å²) in [6.07, 6.45) is 0. The SMILES string of the molecule is CCN(Cl)C(=O)c1cc([N+](=O)[O-])ccc1O. The van der Waals surface area contributed by atoms with E-state index in [1.165, 1.54) is 0 Å². The number of hydrogen-bond donors (Lipinski definition) is 1. The Morgan fingerprint density at radius 2 is 2.25 bits per heavy atom. The number of hydrogen-bond acceptors (Lipinski definition) is 4. The first kappa shape index (κ1) is 12.3. The van der Waals surface area contributed by atoms with Crippen molar-refractivity contribution >= 4 is 23.4 Å². The molecule has 0 spiro atoms. The van der Waals surface area contributed by atoms with Crippen molar-refractivity contribution in [3.05, 3.63) is 33.9 Å². The molecule has 0 saturated carbocycles. The molecule has 86 valence electrons. The number of nitro groups is 1. The Morgan fingerprint density at radius 3 is 2.75 bits per heavy atom. The number of benzene rings is 1. The molecule has 0 fully saturated rings. The van der Waals surface area contributed by atoms with Gasteiger partial charge >= 0.3 is 0 Å². The van der Waals surface area contributed by atoms with Gasteiger partial charge in [-0.2, -0.15) is 0 Å². The third kappa shape index (κ3) is 2.40. The first-order chi connectivity index (χ1) is 7.47.